The molecular formula is C27H27ClF3N5O5. The van der Waals surface area contributed by atoms with Gasteiger partial charge in [0.25, 0.3) is 0 Å². The first kappa shape index (κ1) is 28.9. The molecule has 2 fully saturated rings. The van der Waals surface area contributed by atoms with E-state index in [9.17, 15) is 18.0 Å². The van der Waals surface area contributed by atoms with Gasteiger partial charge in [0.2, 0.25) is 6.29 Å². The lowest BCUT2D eigenvalue weighted by atomic mass is 10.1. The molecule has 218 valence electrons. The van der Waals surface area contributed by atoms with Gasteiger partial charge >= 0.3 is 12.2 Å². The van der Waals surface area contributed by atoms with Crippen molar-refractivity contribution in [2.45, 2.75) is 32.6 Å². The number of hydrogen-bond donors (Lipinski definition) is 2. The van der Waals surface area contributed by atoms with Crippen LogP contribution in [0.1, 0.15) is 31.4 Å². The van der Waals surface area contributed by atoms with E-state index in [0.717, 1.165) is 12.1 Å². The summed E-state index contributed by atoms with van der Waals surface area (Å²) >= 11 is 5.67. The average Bonchev–Trinajstić information content (AvgIpc) is 2.92. The Balaban J connectivity index is 1.42. The molecule has 3 heterocycles. The Morgan fingerprint density at radius 3 is 2.46 bits per heavy atom. The van der Waals surface area contributed by atoms with E-state index >= 15 is 0 Å². The third kappa shape index (κ3) is 6.64. The van der Waals surface area contributed by atoms with Gasteiger partial charge in [0.15, 0.2) is 23.7 Å². The van der Waals surface area contributed by atoms with Crippen LogP contribution < -0.4 is 20.3 Å². The molecule has 3 aromatic rings. The predicted octanol–water partition coefficient (Wildman–Crippen LogP) is 6.09. The number of halogens is 4. The van der Waals surface area contributed by atoms with E-state index in [-0.39, 0.29) is 5.69 Å². The zero-order valence-corrected chi connectivity index (χ0v) is 22.9. The molecule has 1 aromatic heterocycles. The van der Waals surface area contributed by atoms with Crippen LogP contribution in [0, 0.1) is 0 Å². The minimum Gasteiger partial charge on any atom is -0.488 e. The first-order valence-electron chi connectivity index (χ1n) is 12.9. The molecular weight excluding hydrogens is 567 g/mol. The second-order valence-electron chi connectivity index (χ2n) is 9.14. The number of anilines is 3. The fourth-order valence-electron chi connectivity index (χ4n) is 4.35. The van der Waals surface area contributed by atoms with Crippen LogP contribution in [-0.4, -0.2) is 55.2 Å². The standard InChI is InChI=1S/C27H27ClF3N5O5/c1-3-39-22-21(25-40-15(2)41-25)34-23(35-24(22)36-9-11-38-12-10-36)16-5-4-6-17(13-16)32-26(37)33-18-7-8-20(28)19(14-18)27(29,30)31/h4-8,13-15,25H,3,9-12H2,1-2H3,(H2,32,33,37). The summed E-state index contributed by atoms with van der Waals surface area (Å²) in [6.07, 6.45) is -5.79. The van der Waals surface area contributed by atoms with Crippen molar-refractivity contribution in [2.24, 2.45) is 0 Å². The van der Waals surface area contributed by atoms with Gasteiger partial charge in [-0.05, 0) is 44.2 Å². The molecule has 0 atom stereocenters. The summed E-state index contributed by atoms with van der Waals surface area (Å²) in [5.41, 5.74) is 0.254. The molecule has 0 aliphatic carbocycles. The topological polar surface area (TPSA) is 107 Å². The van der Waals surface area contributed by atoms with Gasteiger partial charge in [-0.25, -0.2) is 14.8 Å². The lowest BCUT2D eigenvalue weighted by molar-refractivity contribution is -0.384. The van der Waals surface area contributed by atoms with E-state index in [2.05, 4.69) is 10.6 Å². The summed E-state index contributed by atoms with van der Waals surface area (Å²) in [7, 11) is 0. The molecule has 2 aliphatic heterocycles. The predicted molar refractivity (Wildman–Crippen MR) is 145 cm³/mol. The van der Waals surface area contributed by atoms with Crippen LogP contribution in [0.3, 0.4) is 0 Å². The maximum atomic E-state index is 13.2. The van der Waals surface area contributed by atoms with Crippen LogP contribution in [0.15, 0.2) is 42.5 Å². The van der Waals surface area contributed by atoms with Crippen LogP contribution in [-0.2, 0) is 20.4 Å². The van der Waals surface area contributed by atoms with Crippen molar-refractivity contribution in [3.05, 3.63) is 58.7 Å². The molecule has 2 N–H and O–H groups in total. The van der Waals surface area contributed by atoms with Crippen LogP contribution in [0.2, 0.25) is 5.02 Å². The Bertz CT molecular complexity index is 1410. The van der Waals surface area contributed by atoms with Gasteiger partial charge in [0.1, 0.15) is 5.69 Å². The van der Waals surface area contributed by atoms with E-state index < -0.39 is 35.4 Å². The Morgan fingerprint density at radius 2 is 1.80 bits per heavy atom. The number of ether oxygens (including phenoxy) is 4. The smallest absolute Gasteiger partial charge is 0.417 e. The van der Waals surface area contributed by atoms with E-state index in [4.69, 9.17) is 40.5 Å². The van der Waals surface area contributed by atoms with Crippen molar-refractivity contribution in [1.82, 2.24) is 9.97 Å². The third-order valence-corrected chi connectivity index (χ3v) is 6.56. The molecule has 0 radical (unpaired) electrons. The molecule has 0 saturated carbocycles. The zero-order valence-electron chi connectivity index (χ0n) is 22.1. The number of hydrogen-bond acceptors (Lipinski definition) is 8. The minimum atomic E-state index is -4.66. The van der Waals surface area contributed by atoms with Gasteiger partial charge in [0.05, 0.1) is 30.4 Å². The number of urea groups is 1. The number of nitrogens with one attached hydrogen (secondary N) is 2. The molecule has 2 aromatic carbocycles. The van der Waals surface area contributed by atoms with Gasteiger partial charge in [-0.15, -0.1) is 0 Å². The summed E-state index contributed by atoms with van der Waals surface area (Å²) < 4.78 is 62.5. The van der Waals surface area contributed by atoms with E-state index in [0.29, 0.717) is 67.2 Å². The number of aromatic nitrogens is 2. The summed E-state index contributed by atoms with van der Waals surface area (Å²) in [5.74, 6) is 1.37. The minimum absolute atomic E-state index is 0.0697. The van der Waals surface area contributed by atoms with E-state index in [1.807, 2.05) is 11.8 Å². The quantitative estimate of drug-likeness (QED) is 0.339. The highest BCUT2D eigenvalue weighted by molar-refractivity contribution is 6.31. The SMILES string of the molecule is CCOc1c(C2OC(C)O2)nc(-c2cccc(NC(=O)Nc3ccc(Cl)c(C(F)(F)F)c3)c2)nc1N1CCOCC1. The molecule has 10 nitrogen and oxygen atoms in total. The number of benzene rings is 2. The number of carbonyl (C=O) groups is 1. The number of rotatable bonds is 7. The second-order valence-corrected chi connectivity index (χ2v) is 9.55. The van der Waals surface area contributed by atoms with Gasteiger partial charge in [-0.2, -0.15) is 13.2 Å². The normalized spacial score (nSPS) is 18.9. The summed E-state index contributed by atoms with van der Waals surface area (Å²) in [6.45, 7) is 6.26. The first-order chi connectivity index (χ1) is 19.6. The number of carbonyl (C=O) groups excluding carboxylic acids is 1. The zero-order chi connectivity index (χ0) is 29.1. The number of morpholine rings is 1. The maximum Gasteiger partial charge on any atom is 0.417 e. The molecule has 2 amide bonds. The Morgan fingerprint density at radius 1 is 1.10 bits per heavy atom. The van der Waals surface area contributed by atoms with Gasteiger partial charge < -0.3 is 34.5 Å². The Labute approximate surface area is 238 Å². The van der Waals surface area contributed by atoms with Crippen LogP contribution >= 0.6 is 11.6 Å². The number of alkyl halides is 3. The highest BCUT2D eigenvalue weighted by Gasteiger charge is 2.36. The largest absolute Gasteiger partial charge is 0.488 e. The maximum absolute atomic E-state index is 13.2. The Hall–Kier alpha value is -3.65. The molecule has 2 aliphatic rings. The summed E-state index contributed by atoms with van der Waals surface area (Å²) in [5, 5.41) is 4.56. The third-order valence-electron chi connectivity index (χ3n) is 6.24. The number of nitrogens with zero attached hydrogens (tertiary/aromatic N) is 3. The molecule has 14 heteroatoms. The van der Waals surface area contributed by atoms with Crippen molar-refractivity contribution in [2.75, 3.05) is 48.4 Å². The van der Waals surface area contributed by atoms with Crippen molar-refractivity contribution in [3.63, 3.8) is 0 Å². The van der Waals surface area contributed by atoms with Gasteiger partial charge in [-0.1, -0.05) is 23.7 Å². The fraction of sp³-hybridized carbons (Fsp3) is 0.370. The first-order valence-corrected chi connectivity index (χ1v) is 13.2. The summed E-state index contributed by atoms with van der Waals surface area (Å²) in [4.78, 5) is 24.2. The van der Waals surface area contributed by atoms with E-state index in [1.165, 1.54) is 6.07 Å². The lowest BCUT2D eigenvalue weighted by Gasteiger charge is -2.35. The fourth-order valence-corrected chi connectivity index (χ4v) is 4.58. The van der Waals surface area contributed by atoms with Gasteiger partial charge in [-0.3, -0.25) is 0 Å². The Kier molecular flexibility index (Phi) is 8.50. The molecule has 0 spiro atoms. The van der Waals surface area contributed by atoms with Crippen molar-refractivity contribution in [1.29, 1.82) is 0 Å². The highest BCUT2D eigenvalue weighted by Crippen LogP contribution is 2.42. The summed E-state index contributed by atoms with van der Waals surface area (Å²) in [6, 6.07) is 9.12. The monoisotopic (exact) mass is 593 g/mol. The van der Waals surface area contributed by atoms with E-state index in [1.54, 1.807) is 31.2 Å². The molecule has 0 unspecified atom stereocenters. The van der Waals surface area contributed by atoms with Gasteiger partial charge in [0, 0.05) is 30.0 Å². The van der Waals surface area contributed by atoms with Crippen molar-refractivity contribution in [3.8, 4) is 17.1 Å². The van der Waals surface area contributed by atoms with Crippen molar-refractivity contribution < 1.29 is 36.9 Å². The average molecular weight is 594 g/mol. The molecule has 5 rings (SSSR count). The molecule has 41 heavy (non-hydrogen) atoms. The second kappa shape index (κ2) is 12.1. The van der Waals surface area contributed by atoms with Crippen molar-refractivity contribution >= 4 is 34.8 Å². The molecule has 2 saturated heterocycles. The van der Waals surface area contributed by atoms with Crippen LogP contribution in [0.4, 0.5) is 35.2 Å². The van der Waals surface area contributed by atoms with Crippen LogP contribution in [0.25, 0.3) is 11.4 Å². The highest BCUT2D eigenvalue weighted by atomic mass is 35.5. The number of amides is 2. The van der Waals surface area contributed by atoms with Crippen LogP contribution in [0.5, 0.6) is 5.75 Å². The molecule has 0 bridgehead atoms. The lowest BCUT2D eigenvalue weighted by Crippen LogP contribution is -2.38.